The fourth-order valence-electron chi connectivity index (χ4n) is 2.35. The normalized spacial score (nSPS) is 19.7. The lowest BCUT2D eigenvalue weighted by atomic mass is 10.0. The van der Waals surface area contributed by atoms with E-state index in [2.05, 4.69) is 4.72 Å². The minimum absolute atomic E-state index is 0.0805. The van der Waals surface area contributed by atoms with E-state index in [1.165, 1.54) is 12.1 Å². The van der Waals surface area contributed by atoms with Gasteiger partial charge in [0.2, 0.25) is 0 Å². The molecule has 6 heteroatoms. The Morgan fingerprint density at radius 2 is 1.90 bits per heavy atom. The van der Waals surface area contributed by atoms with Gasteiger partial charge in [0.25, 0.3) is 10.0 Å². The van der Waals surface area contributed by atoms with E-state index in [1.807, 2.05) is 13.8 Å². The van der Waals surface area contributed by atoms with Crippen molar-refractivity contribution in [1.82, 2.24) is 9.62 Å². The number of urea groups is 1. The summed E-state index contributed by atoms with van der Waals surface area (Å²) in [5.41, 5.74) is 0.972. The number of benzene rings is 1. The van der Waals surface area contributed by atoms with Gasteiger partial charge in [0.05, 0.1) is 4.90 Å². The van der Waals surface area contributed by atoms with E-state index >= 15 is 0 Å². The molecule has 0 saturated carbocycles. The molecule has 1 aromatic carbocycles. The fraction of sp³-hybridized carbons (Fsp3) is 0.500. The lowest BCUT2D eigenvalue weighted by molar-refractivity contribution is 0.163. The van der Waals surface area contributed by atoms with Gasteiger partial charge in [0.15, 0.2) is 0 Å². The second kappa shape index (κ2) is 5.83. The highest BCUT2D eigenvalue weighted by molar-refractivity contribution is 7.90. The number of likely N-dealkylation sites (tertiary alicyclic amines) is 1. The van der Waals surface area contributed by atoms with Gasteiger partial charge in [-0.3, -0.25) is 0 Å². The topological polar surface area (TPSA) is 66.5 Å². The van der Waals surface area contributed by atoms with Crippen LogP contribution in [0.3, 0.4) is 0 Å². The maximum atomic E-state index is 12.1. The smallest absolute Gasteiger partial charge is 0.321 e. The molecule has 0 spiro atoms. The third-order valence-corrected chi connectivity index (χ3v) is 4.95. The summed E-state index contributed by atoms with van der Waals surface area (Å²) >= 11 is 0. The Bertz CT molecular complexity index is 581. The van der Waals surface area contributed by atoms with Crippen molar-refractivity contribution in [2.75, 3.05) is 6.54 Å². The highest BCUT2D eigenvalue weighted by Crippen LogP contribution is 2.17. The van der Waals surface area contributed by atoms with Crippen LogP contribution in [0, 0.1) is 6.92 Å². The predicted molar refractivity (Wildman–Crippen MR) is 76.9 cm³/mol. The van der Waals surface area contributed by atoms with Crippen molar-refractivity contribution in [2.45, 2.75) is 44.0 Å². The van der Waals surface area contributed by atoms with Crippen molar-refractivity contribution < 1.29 is 13.2 Å². The highest BCUT2D eigenvalue weighted by Gasteiger charge is 2.27. The summed E-state index contributed by atoms with van der Waals surface area (Å²) in [6.45, 7) is 4.43. The average Bonchev–Trinajstić information content (AvgIpc) is 2.39. The molecule has 1 aromatic rings. The first-order valence-electron chi connectivity index (χ1n) is 6.80. The molecule has 1 aliphatic rings. The molecule has 0 aromatic heterocycles. The van der Waals surface area contributed by atoms with Crippen molar-refractivity contribution in [3.8, 4) is 0 Å². The predicted octanol–water partition coefficient (Wildman–Crippen LogP) is 2.27. The van der Waals surface area contributed by atoms with Gasteiger partial charge in [-0.2, -0.15) is 0 Å². The molecular formula is C14H20N2O3S. The number of carbonyl (C=O) groups excluding carboxylic acids is 1. The van der Waals surface area contributed by atoms with Crippen molar-refractivity contribution in [3.63, 3.8) is 0 Å². The largest absolute Gasteiger partial charge is 0.331 e. The Balaban J connectivity index is 2.11. The number of nitrogens with zero attached hydrogens (tertiary/aromatic N) is 1. The van der Waals surface area contributed by atoms with E-state index in [-0.39, 0.29) is 10.9 Å². The lowest BCUT2D eigenvalue weighted by Gasteiger charge is -2.33. The van der Waals surface area contributed by atoms with Crippen LogP contribution in [-0.2, 0) is 10.0 Å². The Kier molecular flexibility index (Phi) is 4.32. The summed E-state index contributed by atoms with van der Waals surface area (Å²) in [5.74, 6) is 0. The second-order valence-corrected chi connectivity index (χ2v) is 6.94. The number of amides is 2. The minimum atomic E-state index is -3.79. The summed E-state index contributed by atoms with van der Waals surface area (Å²) in [7, 11) is -3.79. The van der Waals surface area contributed by atoms with Gasteiger partial charge in [-0.05, 0) is 45.2 Å². The number of nitrogens with one attached hydrogen (secondary N) is 1. The van der Waals surface area contributed by atoms with Gasteiger partial charge < -0.3 is 4.90 Å². The number of hydrogen-bond acceptors (Lipinski definition) is 3. The van der Waals surface area contributed by atoms with E-state index in [1.54, 1.807) is 17.0 Å². The summed E-state index contributed by atoms with van der Waals surface area (Å²) in [6, 6.07) is 5.98. The summed E-state index contributed by atoms with van der Waals surface area (Å²) < 4.78 is 26.4. The molecule has 110 valence electrons. The summed E-state index contributed by atoms with van der Waals surface area (Å²) in [6.07, 6.45) is 2.91. The molecule has 0 aliphatic carbocycles. The van der Waals surface area contributed by atoms with Crippen LogP contribution in [0.4, 0.5) is 4.79 Å². The molecule has 2 amide bonds. The molecule has 20 heavy (non-hydrogen) atoms. The number of sulfonamides is 1. The second-order valence-electron chi connectivity index (χ2n) is 5.26. The zero-order valence-corrected chi connectivity index (χ0v) is 12.6. The van der Waals surface area contributed by atoms with Crippen molar-refractivity contribution in [3.05, 3.63) is 29.8 Å². The van der Waals surface area contributed by atoms with Crippen LogP contribution in [0.2, 0.25) is 0 Å². The van der Waals surface area contributed by atoms with Crippen molar-refractivity contribution >= 4 is 16.1 Å². The number of carbonyl (C=O) groups is 1. The molecule has 1 atom stereocenters. The zero-order chi connectivity index (χ0) is 14.8. The highest BCUT2D eigenvalue weighted by atomic mass is 32.2. The maximum absolute atomic E-state index is 12.1. The lowest BCUT2D eigenvalue weighted by Crippen LogP contribution is -2.49. The van der Waals surface area contributed by atoms with E-state index in [4.69, 9.17) is 0 Å². The van der Waals surface area contributed by atoms with Crippen LogP contribution >= 0.6 is 0 Å². The van der Waals surface area contributed by atoms with Crippen LogP contribution in [0.1, 0.15) is 31.7 Å². The Morgan fingerprint density at radius 3 is 2.50 bits per heavy atom. The van der Waals surface area contributed by atoms with Crippen LogP contribution in [0.15, 0.2) is 29.2 Å². The van der Waals surface area contributed by atoms with E-state index in [0.717, 1.165) is 24.8 Å². The zero-order valence-electron chi connectivity index (χ0n) is 11.8. The van der Waals surface area contributed by atoms with E-state index in [0.29, 0.717) is 6.54 Å². The summed E-state index contributed by atoms with van der Waals surface area (Å²) in [5, 5.41) is 0. The molecule has 1 fully saturated rings. The van der Waals surface area contributed by atoms with Gasteiger partial charge in [0, 0.05) is 12.6 Å². The van der Waals surface area contributed by atoms with Crippen LogP contribution < -0.4 is 4.72 Å². The third kappa shape index (κ3) is 3.30. The molecular weight excluding hydrogens is 276 g/mol. The Morgan fingerprint density at radius 1 is 1.25 bits per heavy atom. The molecule has 0 bridgehead atoms. The standard InChI is InChI=1S/C14H20N2O3S/c1-11-6-8-13(9-7-11)20(18,19)15-14(17)16-10-4-3-5-12(16)2/h6-9,12H,3-5,10H2,1-2H3,(H,15,17)/t12-/m1/s1. The molecule has 1 saturated heterocycles. The first kappa shape index (κ1) is 14.8. The van der Waals surface area contributed by atoms with Crippen LogP contribution in [0.25, 0.3) is 0 Å². The molecule has 1 aliphatic heterocycles. The van der Waals surface area contributed by atoms with E-state index in [9.17, 15) is 13.2 Å². The average molecular weight is 296 g/mol. The van der Waals surface area contributed by atoms with Gasteiger partial charge in [-0.15, -0.1) is 0 Å². The number of piperidine rings is 1. The number of rotatable bonds is 2. The molecule has 1 N–H and O–H groups in total. The molecule has 0 radical (unpaired) electrons. The van der Waals surface area contributed by atoms with Crippen LogP contribution in [-0.4, -0.2) is 31.9 Å². The molecule has 1 heterocycles. The fourth-order valence-corrected chi connectivity index (χ4v) is 3.31. The Labute approximate surface area is 120 Å². The Hall–Kier alpha value is -1.56. The minimum Gasteiger partial charge on any atom is -0.321 e. The maximum Gasteiger partial charge on any atom is 0.331 e. The molecule has 0 unspecified atom stereocenters. The molecule has 2 rings (SSSR count). The van der Waals surface area contributed by atoms with E-state index < -0.39 is 16.1 Å². The van der Waals surface area contributed by atoms with Crippen molar-refractivity contribution in [1.29, 1.82) is 0 Å². The van der Waals surface area contributed by atoms with Gasteiger partial charge in [-0.1, -0.05) is 17.7 Å². The quantitative estimate of drug-likeness (QED) is 0.910. The summed E-state index contributed by atoms with van der Waals surface area (Å²) in [4.78, 5) is 13.8. The number of aryl methyl sites for hydroxylation is 1. The number of hydrogen-bond donors (Lipinski definition) is 1. The van der Waals surface area contributed by atoms with Crippen LogP contribution in [0.5, 0.6) is 0 Å². The molecule has 5 nitrogen and oxygen atoms in total. The van der Waals surface area contributed by atoms with Gasteiger partial charge >= 0.3 is 6.03 Å². The monoisotopic (exact) mass is 296 g/mol. The first-order valence-corrected chi connectivity index (χ1v) is 8.28. The van der Waals surface area contributed by atoms with Crippen molar-refractivity contribution in [2.24, 2.45) is 0 Å². The first-order chi connectivity index (χ1) is 9.40. The van der Waals surface area contributed by atoms with Gasteiger partial charge in [-0.25, -0.2) is 17.9 Å². The van der Waals surface area contributed by atoms with Gasteiger partial charge in [0.1, 0.15) is 0 Å². The third-order valence-electron chi connectivity index (χ3n) is 3.62. The SMILES string of the molecule is Cc1ccc(S(=O)(=O)NC(=O)N2CCCC[C@H]2C)cc1.